The Morgan fingerprint density at radius 3 is 2.80 bits per heavy atom. The summed E-state index contributed by atoms with van der Waals surface area (Å²) in [4.78, 5) is 22.1. The fourth-order valence-corrected chi connectivity index (χ4v) is 1.19. The van der Waals surface area contributed by atoms with Gasteiger partial charge in [0.05, 0.1) is 19.6 Å². The SMILES string of the molecule is COc1cnc(-c2cn(C)cn2)[nH]c1=O. The summed E-state index contributed by atoms with van der Waals surface area (Å²) in [5.74, 6) is 0.621. The van der Waals surface area contributed by atoms with Gasteiger partial charge in [-0.1, -0.05) is 0 Å². The van der Waals surface area contributed by atoms with Crippen LogP contribution in [0.15, 0.2) is 23.5 Å². The predicted molar refractivity (Wildman–Crippen MR) is 53.6 cm³/mol. The topological polar surface area (TPSA) is 72.8 Å². The summed E-state index contributed by atoms with van der Waals surface area (Å²) in [6.45, 7) is 0. The second-order valence-corrected chi connectivity index (χ2v) is 3.05. The number of nitrogens with one attached hydrogen (secondary N) is 1. The van der Waals surface area contributed by atoms with Gasteiger partial charge in [0.15, 0.2) is 5.82 Å². The molecular weight excluding hydrogens is 196 g/mol. The Balaban J connectivity index is 2.47. The number of hydrogen-bond acceptors (Lipinski definition) is 4. The van der Waals surface area contributed by atoms with E-state index in [4.69, 9.17) is 4.74 Å². The molecule has 0 aliphatic rings. The molecule has 2 aromatic heterocycles. The van der Waals surface area contributed by atoms with Crippen molar-refractivity contribution in [1.82, 2.24) is 19.5 Å². The Hall–Kier alpha value is -2.11. The van der Waals surface area contributed by atoms with E-state index in [0.717, 1.165) is 0 Å². The van der Waals surface area contributed by atoms with Gasteiger partial charge in [-0.25, -0.2) is 9.97 Å². The molecule has 0 unspecified atom stereocenters. The molecule has 0 spiro atoms. The molecule has 2 heterocycles. The lowest BCUT2D eigenvalue weighted by atomic mass is 10.4. The van der Waals surface area contributed by atoms with Crippen molar-refractivity contribution in [2.24, 2.45) is 7.05 Å². The number of imidazole rings is 1. The second kappa shape index (κ2) is 3.56. The third-order valence-electron chi connectivity index (χ3n) is 1.93. The van der Waals surface area contributed by atoms with Gasteiger partial charge in [0.2, 0.25) is 5.75 Å². The van der Waals surface area contributed by atoms with Crippen molar-refractivity contribution < 1.29 is 4.74 Å². The molecular formula is C9H10N4O2. The number of aryl methyl sites for hydroxylation is 1. The van der Waals surface area contributed by atoms with Crippen molar-refractivity contribution in [3.05, 3.63) is 29.1 Å². The van der Waals surface area contributed by atoms with E-state index in [9.17, 15) is 4.79 Å². The highest BCUT2D eigenvalue weighted by Crippen LogP contribution is 2.10. The number of rotatable bonds is 2. The maximum absolute atomic E-state index is 11.4. The van der Waals surface area contributed by atoms with Crippen LogP contribution in [0.4, 0.5) is 0 Å². The van der Waals surface area contributed by atoms with E-state index < -0.39 is 0 Å². The van der Waals surface area contributed by atoms with Crippen molar-refractivity contribution in [2.75, 3.05) is 7.11 Å². The Morgan fingerprint density at radius 1 is 1.47 bits per heavy atom. The van der Waals surface area contributed by atoms with Gasteiger partial charge < -0.3 is 14.3 Å². The molecule has 78 valence electrons. The molecule has 0 aliphatic heterocycles. The Labute approximate surface area is 85.6 Å². The van der Waals surface area contributed by atoms with Gasteiger partial charge in [0, 0.05) is 13.2 Å². The lowest BCUT2D eigenvalue weighted by molar-refractivity contribution is 0.406. The first-order valence-electron chi connectivity index (χ1n) is 4.32. The van der Waals surface area contributed by atoms with Crippen LogP contribution in [-0.2, 0) is 7.05 Å². The van der Waals surface area contributed by atoms with Gasteiger partial charge >= 0.3 is 0 Å². The third-order valence-corrected chi connectivity index (χ3v) is 1.93. The third kappa shape index (κ3) is 1.74. The first-order chi connectivity index (χ1) is 7.20. The maximum atomic E-state index is 11.4. The highest BCUT2D eigenvalue weighted by Gasteiger charge is 2.06. The highest BCUT2D eigenvalue weighted by atomic mass is 16.5. The fourth-order valence-electron chi connectivity index (χ4n) is 1.19. The number of nitrogens with zero attached hydrogens (tertiary/aromatic N) is 3. The van der Waals surface area contributed by atoms with Crippen molar-refractivity contribution in [1.29, 1.82) is 0 Å². The van der Waals surface area contributed by atoms with Gasteiger partial charge in [-0.05, 0) is 0 Å². The zero-order valence-corrected chi connectivity index (χ0v) is 8.39. The molecule has 15 heavy (non-hydrogen) atoms. The van der Waals surface area contributed by atoms with Crippen molar-refractivity contribution in [3.63, 3.8) is 0 Å². The Kier molecular flexibility index (Phi) is 2.24. The number of aromatic nitrogens is 4. The summed E-state index contributed by atoms with van der Waals surface area (Å²) in [6.07, 6.45) is 4.78. The van der Waals surface area contributed by atoms with Gasteiger partial charge in [-0.3, -0.25) is 4.79 Å². The molecule has 0 atom stereocenters. The molecule has 0 amide bonds. The smallest absolute Gasteiger partial charge is 0.293 e. The quantitative estimate of drug-likeness (QED) is 0.760. The normalized spacial score (nSPS) is 10.3. The largest absolute Gasteiger partial charge is 0.490 e. The summed E-state index contributed by atoms with van der Waals surface area (Å²) in [7, 11) is 3.27. The summed E-state index contributed by atoms with van der Waals surface area (Å²) in [6, 6.07) is 0. The van der Waals surface area contributed by atoms with E-state index in [1.54, 1.807) is 17.1 Å². The van der Waals surface area contributed by atoms with Crippen LogP contribution in [0.3, 0.4) is 0 Å². The van der Waals surface area contributed by atoms with E-state index in [-0.39, 0.29) is 11.3 Å². The predicted octanol–water partition coefficient (Wildman–Crippen LogP) is 0.179. The molecule has 2 aromatic rings. The van der Waals surface area contributed by atoms with E-state index in [0.29, 0.717) is 11.5 Å². The minimum Gasteiger partial charge on any atom is -0.490 e. The van der Waals surface area contributed by atoms with Crippen LogP contribution in [0.2, 0.25) is 0 Å². The molecule has 6 nitrogen and oxygen atoms in total. The first kappa shape index (κ1) is 9.45. The fraction of sp³-hybridized carbons (Fsp3) is 0.222. The van der Waals surface area contributed by atoms with Crippen LogP contribution in [0.1, 0.15) is 0 Å². The van der Waals surface area contributed by atoms with Crippen LogP contribution in [0, 0.1) is 0 Å². The molecule has 0 saturated heterocycles. The van der Waals surface area contributed by atoms with E-state index >= 15 is 0 Å². The number of methoxy groups -OCH3 is 1. The van der Waals surface area contributed by atoms with E-state index in [1.165, 1.54) is 13.3 Å². The second-order valence-electron chi connectivity index (χ2n) is 3.05. The van der Waals surface area contributed by atoms with Crippen LogP contribution < -0.4 is 10.3 Å². The number of H-pyrrole nitrogens is 1. The van der Waals surface area contributed by atoms with Gasteiger partial charge in [-0.15, -0.1) is 0 Å². The van der Waals surface area contributed by atoms with Crippen LogP contribution in [0.5, 0.6) is 5.75 Å². The molecule has 0 aromatic carbocycles. The lowest BCUT2D eigenvalue weighted by Crippen LogP contribution is -2.11. The zero-order chi connectivity index (χ0) is 10.8. The van der Waals surface area contributed by atoms with E-state index in [1.807, 2.05) is 7.05 Å². The standard InChI is InChI=1S/C9H10N4O2/c1-13-4-6(11-5-13)8-10-3-7(15-2)9(14)12-8/h3-5H,1-2H3,(H,10,12,14). The monoisotopic (exact) mass is 206 g/mol. The van der Waals surface area contributed by atoms with Gasteiger partial charge in [-0.2, -0.15) is 0 Å². The molecule has 0 aliphatic carbocycles. The summed E-state index contributed by atoms with van der Waals surface area (Å²) < 4.78 is 6.59. The molecule has 0 fully saturated rings. The maximum Gasteiger partial charge on any atom is 0.293 e. The van der Waals surface area contributed by atoms with Crippen molar-refractivity contribution >= 4 is 0 Å². The molecule has 0 bridgehead atoms. The average molecular weight is 206 g/mol. The summed E-state index contributed by atoms with van der Waals surface area (Å²) >= 11 is 0. The van der Waals surface area contributed by atoms with Gasteiger partial charge in [0.25, 0.3) is 5.56 Å². The highest BCUT2D eigenvalue weighted by molar-refractivity contribution is 5.47. The summed E-state index contributed by atoms with van der Waals surface area (Å²) in [5, 5.41) is 0. The van der Waals surface area contributed by atoms with Crippen molar-refractivity contribution in [3.8, 4) is 17.3 Å². The van der Waals surface area contributed by atoms with E-state index in [2.05, 4.69) is 15.0 Å². The Morgan fingerprint density at radius 2 is 2.27 bits per heavy atom. The molecule has 2 rings (SSSR count). The molecule has 0 saturated carbocycles. The number of ether oxygens (including phenoxy) is 1. The average Bonchev–Trinajstić information content (AvgIpc) is 2.65. The number of aromatic amines is 1. The minimum absolute atomic E-state index is 0.190. The minimum atomic E-state index is -0.312. The summed E-state index contributed by atoms with van der Waals surface area (Å²) in [5.41, 5.74) is 0.311. The number of hydrogen-bond donors (Lipinski definition) is 1. The Bertz CT molecular complexity index is 529. The lowest BCUT2D eigenvalue weighted by Gasteiger charge is -1.98. The van der Waals surface area contributed by atoms with Crippen LogP contribution in [-0.4, -0.2) is 26.6 Å². The molecule has 1 N–H and O–H groups in total. The molecule has 0 radical (unpaired) electrons. The van der Waals surface area contributed by atoms with Crippen molar-refractivity contribution in [2.45, 2.75) is 0 Å². The first-order valence-corrected chi connectivity index (χ1v) is 4.32. The van der Waals surface area contributed by atoms with Crippen LogP contribution in [0.25, 0.3) is 11.5 Å². The van der Waals surface area contributed by atoms with Crippen LogP contribution >= 0.6 is 0 Å². The van der Waals surface area contributed by atoms with Gasteiger partial charge in [0.1, 0.15) is 5.69 Å². The molecule has 6 heteroatoms. The zero-order valence-electron chi connectivity index (χ0n) is 8.39.